The molecule has 138 valence electrons. The van der Waals surface area contributed by atoms with Gasteiger partial charge in [0, 0.05) is 12.1 Å². The molecule has 0 aliphatic carbocycles. The molecule has 0 saturated carbocycles. The number of hydrogen-bond donors (Lipinski definition) is 3. The number of hydrazine groups is 1. The Labute approximate surface area is 160 Å². The zero-order chi connectivity index (χ0) is 18.8. The fraction of sp³-hybridized carbons (Fsp3) is 0.300. The van der Waals surface area contributed by atoms with Gasteiger partial charge < -0.3 is 14.8 Å². The zero-order valence-electron chi connectivity index (χ0n) is 15.5. The molecule has 0 spiro atoms. The summed E-state index contributed by atoms with van der Waals surface area (Å²) in [5, 5.41) is 6.51. The standard InChI is InChI=1S/C20H25N3O2S/c1-4-21-20(26)23-22-13-17-10-11-18(19(12-17)24-5-2)25-14-16-8-6-15(3)7-9-16/h6-13H,4-5,14H2,1-3H3,(H2,21,23,26)/p+1. The van der Waals surface area contributed by atoms with Crippen LogP contribution in [0.25, 0.3) is 0 Å². The lowest BCUT2D eigenvalue weighted by Gasteiger charge is -2.12. The Morgan fingerprint density at radius 3 is 2.54 bits per heavy atom. The molecule has 26 heavy (non-hydrogen) atoms. The molecule has 2 rings (SSSR count). The molecular weight excluding hydrogens is 346 g/mol. The zero-order valence-corrected chi connectivity index (χ0v) is 16.3. The van der Waals surface area contributed by atoms with Crippen LogP contribution in [0.4, 0.5) is 0 Å². The fourth-order valence-electron chi connectivity index (χ4n) is 2.24. The summed E-state index contributed by atoms with van der Waals surface area (Å²) in [6, 6.07) is 14.1. The molecule has 0 amide bonds. The summed E-state index contributed by atoms with van der Waals surface area (Å²) in [5.41, 5.74) is 6.20. The molecule has 0 heterocycles. The van der Waals surface area contributed by atoms with Gasteiger partial charge in [0.25, 0.3) is 0 Å². The first-order chi connectivity index (χ1) is 12.6. The van der Waals surface area contributed by atoms with E-state index in [1.165, 1.54) is 5.56 Å². The Balaban J connectivity index is 2.03. The topological polar surface area (TPSA) is 56.5 Å². The van der Waals surface area contributed by atoms with E-state index in [9.17, 15) is 0 Å². The number of nitrogens with one attached hydrogen (secondary N) is 3. The molecule has 6 heteroatoms. The molecule has 0 bridgehead atoms. The summed E-state index contributed by atoms with van der Waals surface area (Å²) in [6.07, 6.45) is 1.82. The van der Waals surface area contributed by atoms with Crippen molar-refractivity contribution in [3.8, 4) is 11.5 Å². The Bertz CT molecular complexity index is 745. The number of thiocarbonyl (C=S) groups is 1. The van der Waals surface area contributed by atoms with Crippen molar-refractivity contribution in [3.63, 3.8) is 0 Å². The third kappa shape index (κ3) is 6.37. The molecule has 0 fully saturated rings. The molecule has 3 N–H and O–H groups in total. The first kappa shape index (κ1) is 19.7. The van der Waals surface area contributed by atoms with E-state index >= 15 is 0 Å². The first-order valence-electron chi connectivity index (χ1n) is 8.70. The highest BCUT2D eigenvalue weighted by molar-refractivity contribution is 7.80. The SMILES string of the molecule is CCNC(=S)N[NH+]=Cc1ccc(OCc2ccc(C)cc2)c(OCC)c1. The molecule has 5 nitrogen and oxygen atoms in total. The fourth-order valence-corrected chi connectivity index (χ4v) is 2.44. The molecule has 0 aliphatic heterocycles. The minimum absolute atomic E-state index is 0.500. The van der Waals surface area contributed by atoms with Crippen LogP contribution in [0.5, 0.6) is 11.5 Å². The molecule has 0 unspecified atom stereocenters. The van der Waals surface area contributed by atoms with Gasteiger partial charge in [-0.2, -0.15) is 0 Å². The quantitative estimate of drug-likeness (QED) is 0.375. The maximum absolute atomic E-state index is 5.94. The van der Waals surface area contributed by atoms with E-state index in [1.807, 2.05) is 38.3 Å². The average Bonchev–Trinajstić information content (AvgIpc) is 2.63. The van der Waals surface area contributed by atoms with Crippen molar-refractivity contribution in [1.29, 1.82) is 0 Å². The molecule has 0 radical (unpaired) electrons. The monoisotopic (exact) mass is 372 g/mol. The van der Waals surface area contributed by atoms with Crippen LogP contribution in [-0.4, -0.2) is 24.5 Å². The average molecular weight is 373 g/mol. The largest absolute Gasteiger partial charge is 0.490 e. The lowest BCUT2D eigenvalue weighted by Crippen LogP contribution is -2.82. The molecule has 2 aromatic carbocycles. The van der Waals surface area contributed by atoms with E-state index in [2.05, 4.69) is 47.0 Å². The lowest BCUT2D eigenvalue weighted by molar-refractivity contribution is -0.500. The number of hydrogen-bond acceptors (Lipinski definition) is 3. The molecule has 2 aromatic rings. The maximum Gasteiger partial charge on any atom is 0.223 e. The molecule has 0 aromatic heterocycles. The van der Waals surface area contributed by atoms with E-state index in [0.29, 0.717) is 24.1 Å². The van der Waals surface area contributed by atoms with Gasteiger partial charge in [-0.15, -0.1) is 10.5 Å². The molecule has 0 aliphatic rings. The second-order valence-electron chi connectivity index (χ2n) is 5.69. The Morgan fingerprint density at radius 1 is 1.08 bits per heavy atom. The van der Waals surface area contributed by atoms with Crippen LogP contribution in [0.15, 0.2) is 42.5 Å². The second kappa shape index (κ2) is 10.4. The van der Waals surface area contributed by atoms with Crippen molar-refractivity contribution in [2.45, 2.75) is 27.4 Å². The van der Waals surface area contributed by atoms with Crippen LogP contribution in [0.3, 0.4) is 0 Å². The summed E-state index contributed by atoms with van der Waals surface area (Å²) in [5.74, 6) is 1.44. The summed E-state index contributed by atoms with van der Waals surface area (Å²) >= 11 is 5.10. The summed E-state index contributed by atoms with van der Waals surface area (Å²) in [6.45, 7) is 7.85. The van der Waals surface area contributed by atoms with E-state index in [0.717, 1.165) is 23.4 Å². The van der Waals surface area contributed by atoms with Gasteiger partial charge in [-0.3, -0.25) is 0 Å². The number of aryl methyl sites for hydroxylation is 1. The third-order valence-electron chi connectivity index (χ3n) is 3.54. The van der Waals surface area contributed by atoms with E-state index in [-0.39, 0.29) is 0 Å². The summed E-state index contributed by atoms with van der Waals surface area (Å²) < 4.78 is 11.7. The van der Waals surface area contributed by atoms with Crippen LogP contribution < -0.4 is 25.3 Å². The lowest BCUT2D eigenvalue weighted by atomic mass is 10.2. The van der Waals surface area contributed by atoms with E-state index in [4.69, 9.17) is 21.7 Å². The van der Waals surface area contributed by atoms with Crippen LogP contribution in [0, 0.1) is 6.92 Å². The number of ether oxygens (including phenoxy) is 2. The van der Waals surface area contributed by atoms with E-state index < -0.39 is 0 Å². The van der Waals surface area contributed by atoms with Crippen LogP contribution in [0.2, 0.25) is 0 Å². The van der Waals surface area contributed by atoms with Crippen molar-refractivity contribution < 1.29 is 14.6 Å². The van der Waals surface area contributed by atoms with Gasteiger partial charge in [0.05, 0.1) is 6.61 Å². The maximum atomic E-state index is 5.94. The van der Waals surface area contributed by atoms with Gasteiger partial charge >= 0.3 is 0 Å². The smallest absolute Gasteiger partial charge is 0.223 e. The second-order valence-corrected chi connectivity index (χ2v) is 6.09. The van der Waals surface area contributed by atoms with Crippen LogP contribution in [-0.2, 0) is 6.61 Å². The predicted molar refractivity (Wildman–Crippen MR) is 109 cm³/mol. The minimum Gasteiger partial charge on any atom is -0.490 e. The van der Waals surface area contributed by atoms with Crippen molar-refractivity contribution >= 4 is 23.5 Å². The van der Waals surface area contributed by atoms with Crippen LogP contribution >= 0.6 is 12.2 Å². The molecular formula is C20H26N3O2S+. The van der Waals surface area contributed by atoms with Crippen molar-refractivity contribution in [2.24, 2.45) is 0 Å². The van der Waals surface area contributed by atoms with Crippen molar-refractivity contribution in [2.75, 3.05) is 13.2 Å². The highest BCUT2D eigenvalue weighted by Crippen LogP contribution is 2.28. The van der Waals surface area contributed by atoms with Crippen molar-refractivity contribution in [3.05, 3.63) is 59.2 Å². The van der Waals surface area contributed by atoms with Crippen LogP contribution in [0.1, 0.15) is 30.5 Å². The Hall–Kier alpha value is -2.60. The third-order valence-corrected chi connectivity index (χ3v) is 3.79. The summed E-state index contributed by atoms with van der Waals surface area (Å²) in [4.78, 5) is 0. The van der Waals surface area contributed by atoms with Gasteiger partial charge in [0.2, 0.25) is 5.11 Å². The minimum atomic E-state index is 0.500. The van der Waals surface area contributed by atoms with Gasteiger partial charge in [-0.25, -0.2) is 0 Å². The van der Waals surface area contributed by atoms with Gasteiger partial charge in [-0.05, 0) is 56.8 Å². The molecule has 0 saturated heterocycles. The summed E-state index contributed by atoms with van der Waals surface area (Å²) in [7, 11) is 0. The Kier molecular flexibility index (Phi) is 7.89. The normalized spacial score (nSPS) is 10.6. The predicted octanol–water partition coefficient (Wildman–Crippen LogP) is 1.87. The number of hydrazone groups is 1. The van der Waals surface area contributed by atoms with Gasteiger partial charge in [0.15, 0.2) is 17.7 Å². The van der Waals surface area contributed by atoms with Gasteiger partial charge in [0.1, 0.15) is 6.61 Å². The highest BCUT2D eigenvalue weighted by atomic mass is 32.1. The van der Waals surface area contributed by atoms with Crippen molar-refractivity contribution in [1.82, 2.24) is 10.7 Å². The first-order valence-corrected chi connectivity index (χ1v) is 9.11. The molecule has 0 atom stereocenters. The number of benzene rings is 2. The number of rotatable bonds is 8. The Morgan fingerprint density at radius 2 is 1.85 bits per heavy atom. The highest BCUT2D eigenvalue weighted by Gasteiger charge is 2.08. The van der Waals surface area contributed by atoms with E-state index in [1.54, 1.807) is 0 Å². The van der Waals surface area contributed by atoms with Gasteiger partial charge in [-0.1, -0.05) is 29.8 Å².